The van der Waals surface area contributed by atoms with Crippen LogP contribution < -0.4 is 11.1 Å². The molecule has 0 aliphatic rings. The lowest BCUT2D eigenvalue weighted by atomic mass is 10.2. The third-order valence-corrected chi connectivity index (χ3v) is 2.00. The van der Waals surface area contributed by atoms with Crippen LogP contribution in [0.25, 0.3) is 0 Å². The molecule has 0 fully saturated rings. The monoisotopic (exact) mass is 222 g/mol. The van der Waals surface area contributed by atoms with Gasteiger partial charge in [-0.3, -0.25) is 0 Å². The second-order valence-electron chi connectivity index (χ2n) is 3.31. The maximum Gasteiger partial charge on any atom is 0.320 e. The topological polar surface area (TPSA) is 77.0 Å². The molecular weight excluding hydrogens is 211 g/mol. The van der Waals surface area contributed by atoms with Crippen LogP contribution in [-0.4, -0.2) is 10.2 Å². The fourth-order valence-electron chi connectivity index (χ4n) is 1.24. The smallest absolute Gasteiger partial charge is 0.320 e. The number of aromatic nitrogens is 2. The predicted octanol–water partition coefficient (Wildman–Crippen LogP) is 1.72. The maximum atomic E-state index is 13.4. The number of nitrogens with two attached hydrogens (primary N) is 1. The van der Waals surface area contributed by atoms with Crippen molar-refractivity contribution in [2.75, 3.05) is 5.32 Å². The van der Waals surface area contributed by atoms with Gasteiger partial charge >= 0.3 is 6.01 Å². The van der Waals surface area contributed by atoms with Crippen LogP contribution in [0.5, 0.6) is 0 Å². The Hall–Kier alpha value is -1.95. The van der Waals surface area contributed by atoms with E-state index < -0.39 is 0 Å². The maximum absolute atomic E-state index is 13.4. The van der Waals surface area contributed by atoms with E-state index in [4.69, 9.17) is 10.2 Å². The first-order valence-electron chi connectivity index (χ1n) is 4.74. The molecule has 6 heteroatoms. The third kappa shape index (κ3) is 2.17. The Bertz CT molecular complexity index is 497. The first-order chi connectivity index (χ1) is 7.69. The number of nitrogens with one attached hydrogen (secondary N) is 1. The van der Waals surface area contributed by atoms with E-state index in [9.17, 15) is 4.39 Å². The van der Waals surface area contributed by atoms with Crippen LogP contribution >= 0.6 is 0 Å². The highest BCUT2D eigenvalue weighted by Crippen LogP contribution is 2.20. The summed E-state index contributed by atoms with van der Waals surface area (Å²) in [6.45, 7) is 2.02. The summed E-state index contributed by atoms with van der Waals surface area (Å²) in [6.07, 6.45) is 0. The number of anilines is 2. The summed E-state index contributed by atoms with van der Waals surface area (Å²) in [7, 11) is 0. The van der Waals surface area contributed by atoms with Gasteiger partial charge in [-0.2, -0.15) is 0 Å². The Morgan fingerprint density at radius 2 is 2.25 bits per heavy atom. The van der Waals surface area contributed by atoms with E-state index >= 15 is 0 Å². The van der Waals surface area contributed by atoms with Gasteiger partial charge in [0.1, 0.15) is 5.82 Å². The Balaban J connectivity index is 2.22. The van der Waals surface area contributed by atoms with Crippen molar-refractivity contribution in [1.82, 2.24) is 10.2 Å². The average Bonchev–Trinajstić information content (AvgIpc) is 2.71. The number of halogens is 1. The second-order valence-corrected chi connectivity index (χ2v) is 3.31. The molecule has 3 N–H and O–H groups in total. The fraction of sp³-hybridized carbons (Fsp3) is 0.200. The van der Waals surface area contributed by atoms with Gasteiger partial charge in [0.25, 0.3) is 0 Å². The van der Waals surface area contributed by atoms with Crippen LogP contribution in [0.2, 0.25) is 0 Å². The molecule has 0 bridgehead atoms. The summed E-state index contributed by atoms with van der Waals surface area (Å²) in [6, 6.07) is 4.84. The summed E-state index contributed by atoms with van der Waals surface area (Å²) in [4.78, 5) is 0. The second kappa shape index (κ2) is 4.28. The van der Waals surface area contributed by atoms with Crippen molar-refractivity contribution in [2.45, 2.75) is 13.5 Å². The zero-order chi connectivity index (χ0) is 11.5. The van der Waals surface area contributed by atoms with Gasteiger partial charge in [0.2, 0.25) is 5.89 Å². The number of benzene rings is 1. The van der Waals surface area contributed by atoms with E-state index in [0.29, 0.717) is 11.6 Å². The standard InChI is InChI=1S/C10H11FN4O/c1-6-2-3-7(11)8(4-6)13-10-15-14-9(5-12)16-10/h2-4H,5,12H2,1H3,(H,13,15). The lowest BCUT2D eigenvalue weighted by Crippen LogP contribution is -1.95. The lowest BCUT2D eigenvalue weighted by molar-refractivity contribution is 0.510. The molecule has 0 radical (unpaired) electrons. The summed E-state index contributed by atoms with van der Waals surface area (Å²) >= 11 is 0. The molecule has 0 aliphatic heterocycles. The Labute approximate surface area is 91.5 Å². The van der Waals surface area contributed by atoms with Crippen molar-refractivity contribution < 1.29 is 8.81 Å². The van der Waals surface area contributed by atoms with Crippen molar-refractivity contribution in [3.8, 4) is 0 Å². The van der Waals surface area contributed by atoms with E-state index in [2.05, 4.69) is 15.5 Å². The quantitative estimate of drug-likeness (QED) is 0.826. The molecule has 0 aliphatic carbocycles. The molecule has 0 saturated carbocycles. The predicted molar refractivity (Wildman–Crippen MR) is 56.6 cm³/mol. The minimum Gasteiger partial charge on any atom is -0.406 e. The molecule has 0 saturated heterocycles. The van der Waals surface area contributed by atoms with Gasteiger partial charge in [0, 0.05) is 0 Å². The molecule has 0 spiro atoms. The third-order valence-electron chi connectivity index (χ3n) is 2.00. The highest BCUT2D eigenvalue weighted by Gasteiger charge is 2.07. The van der Waals surface area contributed by atoms with Crippen LogP contribution in [0, 0.1) is 12.7 Å². The van der Waals surface area contributed by atoms with E-state index in [1.165, 1.54) is 6.07 Å². The molecule has 0 amide bonds. The summed E-state index contributed by atoms with van der Waals surface area (Å²) in [5.74, 6) is -0.0753. The normalized spacial score (nSPS) is 10.4. The van der Waals surface area contributed by atoms with Crippen molar-refractivity contribution in [3.05, 3.63) is 35.5 Å². The lowest BCUT2D eigenvalue weighted by Gasteiger charge is -2.03. The Morgan fingerprint density at radius 1 is 1.44 bits per heavy atom. The zero-order valence-electron chi connectivity index (χ0n) is 8.70. The van der Waals surface area contributed by atoms with Crippen molar-refractivity contribution in [1.29, 1.82) is 0 Å². The van der Waals surface area contributed by atoms with E-state index in [1.807, 2.05) is 6.92 Å². The molecule has 1 aromatic carbocycles. The van der Waals surface area contributed by atoms with Gasteiger partial charge in [-0.15, -0.1) is 5.10 Å². The van der Waals surface area contributed by atoms with Crippen LogP contribution in [0.4, 0.5) is 16.1 Å². The first-order valence-corrected chi connectivity index (χ1v) is 4.74. The number of rotatable bonds is 3. The van der Waals surface area contributed by atoms with Gasteiger partial charge < -0.3 is 15.5 Å². The Morgan fingerprint density at radius 3 is 2.94 bits per heavy atom. The molecule has 2 aromatic rings. The molecule has 0 atom stereocenters. The van der Waals surface area contributed by atoms with Crippen molar-refractivity contribution in [2.24, 2.45) is 5.73 Å². The molecule has 16 heavy (non-hydrogen) atoms. The summed E-state index contributed by atoms with van der Waals surface area (Å²) in [5.41, 5.74) is 6.54. The largest absolute Gasteiger partial charge is 0.406 e. The number of nitrogens with zero attached hydrogens (tertiary/aromatic N) is 2. The van der Waals surface area contributed by atoms with Gasteiger partial charge in [0.05, 0.1) is 12.2 Å². The SMILES string of the molecule is Cc1ccc(F)c(Nc2nnc(CN)o2)c1. The Kier molecular flexibility index (Phi) is 2.82. The van der Waals surface area contributed by atoms with Crippen molar-refractivity contribution >= 4 is 11.7 Å². The average molecular weight is 222 g/mol. The van der Waals surface area contributed by atoms with E-state index in [1.54, 1.807) is 12.1 Å². The molecule has 1 aromatic heterocycles. The van der Waals surface area contributed by atoms with Crippen molar-refractivity contribution in [3.63, 3.8) is 0 Å². The molecule has 2 rings (SSSR count). The van der Waals surface area contributed by atoms with Gasteiger partial charge in [-0.1, -0.05) is 11.2 Å². The molecule has 5 nitrogen and oxygen atoms in total. The number of hydrogen-bond acceptors (Lipinski definition) is 5. The minimum absolute atomic E-state index is 0.130. The van der Waals surface area contributed by atoms with Crippen LogP contribution in [0.1, 0.15) is 11.5 Å². The van der Waals surface area contributed by atoms with E-state index in [-0.39, 0.29) is 18.4 Å². The van der Waals surface area contributed by atoms with Crippen LogP contribution in [0.3, 0.4) is 0 Å². The highest BCUT2D eigenvalue weighted by atomic mass is 19.1. The van der Waals surface area contributed by atoms with Crippen LogP contribution in [-0.2, 0) is 6.54 Å². The summed E-state index contributed by atoms with van der Waals surface area (Å²) in [5, 5.41) is 10.0. The zero-order valence-corrected chi connectivity index (χ0v) is 8.70. The molecule has 1 heterocycles. The number of aryl methyl sites for hydroxylation is 1. The first kappa shape index (κ1) is 10.6. The summed E-state index contributed by atoms with van der Waals surface area (Å²) < 4.78 is 18.5. The van der Waals surface area contributed by atoms with Gasteiger partial charge in [-0.05, 0) is 24.6 Å². The molecular formula is C10H11FN4O. The molecule has 0 unspecified atom stereocenters. The van der Waals surface area contributed by atoms with Crippen LogP contribution in [0.15, 0.2) is 22.6 Å². The van der Waals surface area contributed by atoms with Gasteiger partial charge in [0.15, 0.2) is 0 Å². The van der Waals surface area contributed by atoms with Gasteiger partial charge in [-0.25, -0.2) is 4.39 Å². The molecule has 84 valence electrons. The highest BCUT2D eigenvalue weighted by molar-refractivity contribution is 5.54. The minimum atomic E-state index is -0.377. The fourth-order valence-corrected chi connectivity index (χ4v) is 1.24. The number of hydrogen-bond donors (Lipinski definition) is 2. The van der Waals surface area contributed by atoms with E-state index in [0.717, 1.165) is 5.56 Å².